The van der Waals surface area contributed by atoms with E-state index >= 15 is 0 Å². The molecule has 1 aromatic carbocycles. The minimum Gasteiger partial charge on any atom is -0.459 e. The van der Waals surface area contributed by atoms with Crippen LogP contribution in [0.1, 0.15) is 42.5 Å². The first kappa shape index (κ1) is 17.0. The first-order chi connectivity index (χ1) is 11.9. The molecule has 0 saturated heterocycles. The van der Waals surface area contributed by atoms with Crippen LogP contribution in [0.15, 0.2) is 71.6 Å². The van der Waals surface area contributed by atoms with Crippen molar-refractivity contribution in [2.24, 2.45) is 0 Å². The fourth-order valence-corrected chi connectivity index (χ4v) is 2.63. The highest BCUT2D eigenvalue weighted by Crippen LogP contribution is 2.26. The SMILES string of the molecule is CC(C)(C)c1ccc(N(Cc2cccnc2)C(=O)c2ccco2)cc1. The third-order valence-electron chi connectivity index (χ3n) is 4.09. The second-order valence-electron chi connectivity index (χ2n) is 7.03. The molecule has 0 aliphatic heterocycles. The lowest BCUT2D eigenvalue weighted by Crippen LogP contribution is -2.30. The van der Waals surface area contributed by atoms with Crippen LogP contribution < -0.4 is 4.90 Å². The van der Waals surface area contributed by atoms with E-state index in [2.05, 4.69) is 37.9 Å². The molecular weight excluding hydrogens is 312 g/mol. The zero-order chi connectivity index (χ0) is 17.9. The highest BCUT2D eigenvalue weighted by molar-refractivity contribution is 6.04. The average molecular weight is 334 g/mol. The largest absolute Gasteiger partial charge is 0.459 e. The standard InChI is InChI=1S/C21H22N2O2/c1-21(2,3)17-8-10-18(11-9-17)23(15-16-6-4-12-22-14-16)20(24)19-7-5-13-25-19/h4-14H,15H2,1-3H3. The van der Waals surface area contributed by atoms with Crippen LogP contribution in [0, 0.1) is 0 Å². The fourth-order valence-electron chi connectivity index (χ4n) is 2.63. The number of nitrogens with zero attached hydrogens (tertiary/aromatic N) is 2. The molecule has 0 aliphatic carbocycles. The van der Waals surface area contributed by atoms with Crippen molar-refractivity contribution in [2.45, 2.75) is 32.7 Å². The number of rotatable bonds is 4. The van der Waals surface area contributed by atoms with Crippen molar-refractivity contribution < 1.29 is 9.21 Å². The molecule has 4 heteroatoms. The van der Waals surface area contributed by atoms with Crippen LogP contribution in [0.3, 0.4) is 0 Å². The van der Waals surface area contributed by atoms with Gasteiger partial charge in [0.1, 0.15) is 0 Å². The molecule has 0 fully saturated rings. The molecule has 1 amide bonds. The van der Waals surface area contributed by atoms with Gasteiger partial charge in [-0.2, -0.15) is 0 Å². The Balaban J connectivity index is 1.94. The number of aromatic nitrogens is 1. The highest BCUT2D eigenvalue weighted by atomic mass is 16.3. The third-order valence-corrected chi connectivity index (χ3v) is 4.09. The Morgan fingerprint density at radius 2 is 1.84 bits per heavy atom. The predicted octanol–water partition coefficient (Wildman–Crippen LogP) is 4.82. The van der Waals surface area contributed by atoms with Crippen LogP contribution in [0.2, 0.25) is 0 Å². The average Bonchev–Trinajstić information content (AvgIpc) is 3.14. The number of furan rings is 1. The van der Waals surface area contributed by atoms with Crippen LogP contribution in [0.25, 0.3) is 0 Å². The molecule has 0 atom stereocenters. The molecule has 2 aromatic heterocycles. The van der Waals surface area contributed by atoms with Crippen molar-refractivity contribution in [3.8, 4) is 0 Å². The van der Waals surface area contributed by atoms with E-state index < -0.39 is 0 Å². The van der Waals surface area contributed by atoms with Gasteiger partial charge in [0.15, 0.2) is 5.76 Å². The van der Waals surface area contributed by atoms with Gasteiger partial charge in [0, 0.05) is 18.1 Å². The Bertz CT molecular complexity index is 817. The smallest absolute Gasteiger partial charge is 0.294 e. The number of pyridine rings is 1. The van der Waals surface area contributed by atoms with Crippen LogP contribution in [0.4, 0.5) is 5.69 Å². The lowest BCUT2D eigenvalue weighted by molar-refractivity contribution is 0.0958. The Labute approximate surface area is 148 Å². The van der Waals surface area contributed by atoms with E-state index in [1.165, 1.54) is 11.8 Å². The number of benzene rings is 1. The molecule has 4 nitrogen and oxygen atoms in total. The molecule has 3 rings (SSSR count). The van der Waals surface area contributed by atoms with Crippen molar-refractivity contribution in [3.63, 3.8) is 0 Å². The summed E-state index contributed by atoms with van der Waals surface area (Å²) in [7, 11) is 0. The van der Waals surface area contributed by atoms with E-state index in [1.807, 2.05) is 24.3 Å². The van der Waals surface area contributed by atoms with Gasteiger partial charge in [-0.05, 0) is 46.9 Å². The van der Waals surface area contributed by atoms with Gasteiger partial charge in [-0.25, -0.2) is 0 Å². The van der Waals surface area contributed by atoms with Gasteiger partial charge in [-0.3, -0.25) is 9.78 Å². The maximum Gasteiger partial charge on any atom is 0.294 e. The summed E-state index contributed by atoms with van der Waals surface area (Å²) in [5.74, 6) is 0.154. The van der Waals surface area contributed by atoms with Crippen LogP contribution in [-0.2, 0) is 12.0 Å². The van der Waals surface area contributed by atoms with Crippen LogP contribution >= 0.6 is 0 Å². The lowest BCUT2D eigenvalue weighted by atomic mass is 9.87. The zero-order valence-corrected chi connectivity index (χ0v) is 14.8. The normalized spacial score (nSPS) is 11.3. The van der Waals surface area contributed by atoms with Crippen LogP contribution in [0.5, 0.6) is 0 Å². The molecule has 0 saturated carbocycles. The zero-order valence-electron chi connectivity index (χ0n) is 14.8. The van der Waals surface area contributed by atoms with Gasteiger partial charge in [-0.1, -0.05) is 39.0 Å². The monoisotopic (exact) mass is 334 g/mol. The quantitative estimate of drug-likeness (QED) is 0.687. The maximum atomic E-state index is 12.9. The predicted molar refractivity (Wildman–Crippen MR) is 98.6 cm³/mol. The summed E-state index contributed by atoms with van der Waals surface area (Å²) in [6.45, 7) is 6.94. The van der Waals surface area contributed by atoms with E-state index in [-0.39, 0.29) is 11.3 Å². The summed E-state index contributed by atoms with van der Waals surface area (Å²) < 4.78 is 5.31. The molecule has 0 aliphatic rings. The van der Waals surface area contributed by atoms with Crippen molar-refractivity contribution in [1.82, 2.24) is 4.98 Å². The molecule has 3 aromatic rings. The summed E-state index contributed by atoms with van der Waals surface area (Å²) >= 11 is 0. The van der Waals surface area contributed by atoms with E-state index in [9.17, 15) is 4.79 Å². The van der Waals surface area contributed by atoms with Gasteiger partial charge in [-0.15, -0.1) is 0 Å². The van der Waals surface area contributed by atoms with Gasteiger partial charge >= 0.3 is 0 Å². The molecule has 0 N–H and O–H groups in total. The summed E-state index contributed by atoms with van der Waals surface area (Å²) in [6, 6.07) is 15.3. The number of anilines is 1. The molecule has 25 heavy (non-hydrogen) atoms. The second kappa shape index (κ2) is 6.93. The first-order valence-corrected chi connectivity index (χ1v) is 8.30. The van der Waals surface area contributed by atoms with E-state index in [4.69, 9.17) is 4.42 Å². The number of carbonyl (C=O) groups is 1. The van der Waals surface area contributed by atoms with Gasteiger partial charge in [0.25, 0.3) is 5.91 Å². The highest BCUT2D eigenvalue weighted by Gasteiger charge is 2.21. The minimum atomic E-state index is -0.169. The summed E-state index contributed by atoms with van der Waals surface area (Å²) in [5.41, 5.74) is 3.08. The molecule has 2 heterocycles. The fraction of sp³-hybridized carbons (Fsp3) is 0.238. The topological polar surface area (TPSA) is 46.3 Å². The number of amides is 1. The summed E-state index contributed by atoms with van der Waals surface area (Å²) in [6.07, 6.45) is 5.00. The van der Waals surface area contributed by atoms with Crippen molar-refractivity contribution >= 4 is 11.6 Å². The molecule has 128 valence electrons. The maximum absolute atomic E-state index is 12.9. The Morgan fingerprint density at radius 3 is 2.40 bits per heavy atom. The third kappa shape index (κ3) is 3.97. The lowest BCUT2D eigenvalue weighted by Gasteiger charge is -2.24. The van der Waals surface area contributed by atoms with E-state index in [0.29, 0.717) is 12.3 Å². The van der Waals surface area contributed by atoms with E-state index in [0.717, 1.165) is 11.3 Å². The van der Waals surface area contributed by atoms with Crippen molar-refractivity contribution in [3.05, 3.63) is 84.1 Å². The van der Waals surface area contributed by atoms with Gasteiger partial charge in [0.05, 0.1) is 12.8 Å². The number of hydrogen-bond acceptors (Lipinski definition) is 3. The molecule has 0 radical (unpaired) electrons. The van der Waals surface area contributed by atoms with Gasteiger partial charge < -0.3 is 9.32 Å². The second-order valence-corrected chi connectivity index (χ2v) is 7.03. The Hall–Kier alpha value is -2.88. The van der Waals surface area contributed by atoms with Crippen molar-refractivity contribution in [2.75, 3.05) is 4.90 Å². The molecule has 0 spiro atoms. The summed E-state index contributed by atoms with van der Waals surface area (Å²) in [5, 5.41) is 0. The number of hydrogen-bond donors (Lipinski definition) is 0. The van der Waals surface area contributed by atoms with Crippen LogP contribution in [-0.4, -0.2) is 10.9 Å². The van der Waals surface area contributed by atoms with Gasteiger partial charge in [0.2, 0.25) is 0 Å². The molecular formula is C21H22N2O2. The summed E-state index contributed by atoms with van der Waals surface area (Å²) in [4.78, 5) is 18.8. The number of carbonyl (C=O) groups excluding carboxylic acids is 1. The van der Waals surface area contributed by atoms with Crippen molar-refractivity contribution in [1.29, 1.82) is 0 Å². The molecule has 0 bridgehead atoms. The minimum absolute atomic E-state index is 0.0672. The molecule has 0 unspecified atom stereocenters. The first-order valence-electron chi connectivity index (χ1n) is 8.30. The Morgan fingerprint density at radius 1 is 1.08 bits per heavy atom. The Kier molecular flexibility index (Phi) is 4.70. The van der Waals surface area contributed by atoms with E-state index in [1.54, 1.807) is 29.4 Å².